The number of benzene rings is 1. The highest BCUT2D eigenvalue weighted by atomic mass is 16.7. The molecule has 136 valence electrons. The lowest BCUT2D eigenvalue weighted by Gasteiger charge is -2.16. The summed E-state index contributed by atoms with van der Waals surface area (Å²) in [5.41, 5.74) is 1.59. The van der Waals surface area contributed by atoms with Crippen molar-refractivity contribution in [1.29, 1.82) is 0 Å². The Hall–Kier alpha value is -3.13. The zero-order chi connectivity index (χ0) is 18.4. The topological polar surface area (TPSA) is 110 Å². The van der Waals surface area contributed by atoms with Crippen molar-refractivity contribution in [3.63, 3.8) is 0 Å². The van der Waals surface area contributed by atoms with Crippen molar-refractivity contribution in [2.24, 2.45) is 0 Å². The maximum absolute atomic E-state index is 12.2. The Morgan fingerprint density at radius 3 is 2.65 bits per heavy atom. The molecule has 1 aliphatic rings. The average molecular weight is 357 g/mol. The molecule has 0 fully saturated rings. The van der Waals surface area contributed by atoms with Crippen LogP contribution in [0.3, 0.4) is 0 Å². The smallest absolute Gasteiger partial charge is 0.245 e. The van der Waals surface area contributed by atoms with E-state index in [4.69, 9.17) is 9.47 Å². The number of aliphatic hydroxyl groups is 1. The van der Waals surface area contributed by atoms with Gasteiger partial charge < -0.3 is 25.2 Å². The van der Waals surface area contributed by atoms with Gasteiger partial charge >= 0.3 is 0 Å². The van der Waals surface area contributed by atoms with E-state index in [2.05, 4.69) is 15.6 Å². The Labute approximate surface area is 150 Å². The number of nitrogens with one attached hydrogen (secondary N) is 2. The van der Waals surface area contributed by atoms with Crippen molar-refractivity contribution in [3.05, 3.63) is 53.9 Å². The van der Waals surface area contributed by atoms with E-state index in [1.807, 2.05) is 6.07 Å². The third-order valence-corrected chi connectivity index (χ3v) is 3.85. The van der Waals surface area contributed by atoms with Crippen LogP contribution in [-0.4, -0.2) is 41.3 Å². The molecular formula is C18H19N3O5. The Kier molecular flexibility index (Phi) is 5.65. The summed E-state index contributed by atoms with van der Waals surface area (Å²) in [6, 6.07) is 7.77. The first-order valence-corrected chi connectivity index (χ1v) is 8.11. The number of pyridine rings is 1. The zero-order valence-electron chi connectivity index (χ0n) is 14.0. The van der Waals surface area contributed by atoms with Gasteiger partial charge in [-0.05, 0) is 35.4 Å². The molecule has 8 heteroatoms. The first kappa shape index (κ1) is 17.7. The molecule has 0 radical (unpaired) electrons. The quantitative estimate of drug-likeness (QED) is 0.651. The second-order valence-corrected chi connectivity index (χ2v) is 5.74. The third-order valence-electron chi connectivity index (χ3n) is 3.85. The zero-order valence-corrected chi connectivity index (χ0v) is 14.0. The third kappa shape index (κ3) is 4.48. The number of hydrogen-bond acceptors (Lipinski definition) is 6. The highest BCUT2D eigenvalue weighted by Crippen LogP contribution is 2.32. The SMILES string of the molecule is O=C(Cc1ccncc1)NC(CO)C(=O)NCc1ccc2c(c1)OCO2. The summed E-state index contributed by atoms with van der Waals surface area (Å²) in [7, 11) is 0. The van der Waals surface area contributed by atoms with Crippen LogP contribution in [0.1, 0.15) is 11.1 Å². The van der Waals surface area contributed by atoms with E-state index in [-0.39, 0.29) is 25.7 Å². The normalized spacial score (nSPS) is 13.1. The molecule has 1 aromatic heterocycles. The lowest BCUT2D eigenvalue weighted by atomic mass is 10.1. The van der Waals surface area contributed by atoms with Gasteiger partial charge in [-0.1, -0.05) is 6.07 Å². The number of nitrogens with zero attached hydrogens (tertiary/aromatic N) is 1. The molecule has 1 aliphatic heterocycles. The molecule has 0 bridgehead atoms. The van der Waals surface area contributed by atoms with E-state index in [0.29, 0.717) is 11.5 Å². The van der Waals surface area contributed by atoms with Crippen LogP contribution in [0.4, 0.5) is 0 Å². The van der Waals surface area contributed by atoms with Gasteiger partial charge in [0.2, 0.25) is 18.6 Å². The van der Waals surface area contributed by atoms with Gasteiger partial charge in [0.1, 0.15) is 6.04 Å². The minimum Gasteiger partial charge on any atom is -0.454 e. The lowest BCUT2D eigenvalue weighted by molar-refractivity contribution is -0.129. The van der Waals surface area contributed by atoms with Gasteiger partial charge in [-0.3, -0.25) is 14.6 Å². The maximum atomic E-state index is 12.2. The van der Waals surface area contributed by atoms with Gasteiger partial charge in [0.25, 0.3) is 0 Å². The molecule has 2 aromatic rings. The first-order valence-electron chi connectivity index (χ1n) is 8.11. The Bertz CT molecular complexity index is 782. The molecule has 2 heterocycles. The molecule has 3 rings (SSSR count). The molecule has 1 unspecified atom stereocenters. The number of hydrogen-bond donors (Lipinski definition) is 3. The monoisotopic (exact) mass is 357 g/mol. The number of carbonyl (C=O) groups excluding carboxylic acids is 2. The van der Waals surface area contributed by atoms with Crippen molar-refractivity contribution in [2.45, 2.75) is 19.0 Å². The number of rotatable bonds is 7. The molecule has 26 heavy (non-hydrogen) atoms. The minimum atomic E-state index is -1.02. The van der Waals surface area contributed by atoms with E-state index in [1.54, 1.807) is 36.7 Å². The molecule has 8 nitrogen and oxygen atoms in total. The van der Waals surface area contributed by atoms with Crippen LogP contribution in [0, 0.1) is 0 Å². The molecule has 1 aromatic carbocycles. The Balaban J connectivity index is 1.51. The van der Waals surface area contributed by atoms with Crippen molar-refractivity contribution in [1.82, 2.24) is 15.6 Å². The Morgan fingerprint density at radius 1 is 1.12 bits per heavy atom. The van der Waals surface area contributed by atoms with E-state index < -0.39 is 18.6 Å². The van der Waals surface area contributed by atoms with Crippen molar-refractivity contribution >= 4 is 11.8 Å². The van der Waals surface area contributed by atoms with Gasteiger partial charge in [0.15, 0.2) is 11.5 Å². The van der Waals surface area contributed by atoms with Crippen molar-refractivity contribution < 1.29 is 24.2 Å². The summed E-state index contributed by atoms with van der Waals surface area (Å²) in [5, 5.41) is 14.6. The maximum Gasteiger partial charge on any atom is 0.245 e. The number of amides is 2. The van der Waals surface area contributed by atoms with Gasteiger partial charge in [0, 0.05) is 18.9 Å². The second-order valence-electron chi connectivity index (χ2n) is 5.74. The molecule has 2 amide bonds. The predicted molar refractivity (Wildman–Crippen MR) is 91.4 cm³/mol. The van der Waals surface area contributed by atoms with E-state index in [1.165, 1.54) is 0 Å². The van der Waals surface area contributed by atoms with Crippen LogP contribution < -0.4 is 20.1 Å². The molecule has 3 N–H and O–H groups in total. The van der Waals surface area contributed by atoms with Gasteiger partial charge in [-0.25, -0.2) is 0 Å². The fraction of sp³-hybridized carbons (Fsp3) is 0.278. The van der Waals surface area contributed by atoms with Crippen LogP contribution in [0.25, 0.3) is 0 Å². The number of aromatic nitrogens is 1. The summed E-state index contributed by atoms with van der Waals surface area (Å²) in [5.74, 6) is 0.472. The fourth-order valence-electron chi connectivity index (χ4n) is 2.49. The standard InChI is InChI=1S/C18H19N3O5/c22-10-14(21-17(23)8-12-3-5-19-6-4-12)18(24)20-9-13-1-2-15-16(7-13)26-11-25-15/h1-7,14,22H,8-11H2,(H,20,24)(H,21,23). The van der Waals surface area contributed by atoms with E-state index in [0.717, 1.165) is 11.1 Å². The number of carbonyl (C=O) groups is 2. The van der Waals surface area contributed by atoms with Crippen LogP contribution in [0.5, 0.6) is 11.5 Å². The van der Waals surface area contributed by atoms with Crippen molar-refractivity contribution in [2.75, 3.05) is 13.4 Å². The van der Waals surface area contributed by atoms with Crippen LogP contribution in [0.2, 0.25) is 0 Å². The predicted octanol–water partition coefficient (Wildman–Crippen LogP) is 0.146. The molecular weight excluding hydrogens is 338 g/mol. The second kappa shape index (κ2) is 8.30. The summed E-state index contributed by atoms with van der Waals surface area (Å²) < 4.78 is 10.5. The van der Waals surface area contributed by atoms with Crippen molar-refractivity contribution in [3.8, 4) is 11.5 Å². The molecule has 0 saturated carbocycles. The fourth-order valence-corrected chi connectivity index (χ4v) is 2.49. The van der Waals surface area contributed by atoms with Gasteiger partial charge in [-0.15, -0.1) is 0 Å². The molecule has 1 atom stereocenters. The molecule has 0 aliphatic carbocycles. The molecule has 0 spiro atoms. The highest BCUT2D eigenvalue weighted by Gasteiger charge is 2.20. The largest absolute Gasteiger partial charge is 0.454 e. The highest BCUT2D eigenvalue weighted by molar-refractivity contribution is 5.88. The average Bonchev–Trinajstić information content (AvgIpc) is 3.12. The Morgan fingerprint density at radius 2 is 1.88 bits per heavy atom. The minimum absolute atomic E-state index is 0.106. The first-order chi connectivity index (χ1) is 12.7. The summed E-state index contributed by atoms with van der Waals surface area (Å²) in [6.07, 6.45) is 3.28. The summed E-state index contributed by atoms with van der Waals surface area (Å²) in [4.78, 5) is 28.1. The lowest BCUT2D eigenvalue weighted by Crippen LogP contribution is -2.49. The van der Waals surface area contributed by atoms with E-state index in [9.17, 15) is 14.7 Å². The van der Waals surface area contributed by atoms with Gasteiger partial charge in [-0.2, -0.15) is 0 Å². The molecule has 0 saturated heterocycles. The number of fused-ring (bicyclic) bond motifs is 1. The van der Waals surface area contributed by atoms with Crippen LogP contribution in [-0.2, 0) is 22.6 Å². The van der Waals surface area contributed by atoms with Crippen LogP contribution >= 0.6 is 0 Å². The summed E-state index contributed by atoms with van der Waals surface area (Å²) >= 11 is 0. The number of aliphatic hydroxyl groups excluding tert-OH is 1. The summed E-state index contributed by atoms with van der Waals surface area (Å²) in [6.45, 7) is -0.0670. The van der Waals surface area contributed by atoms with Crippen LogP contribution in [0.15, 0.2) is 42.7 Å². The van der Waals surface area contributed by atoms with Gasteiger partial charge in [0.05, 0.1) is 13.0 Å². The number of ether oxygens (including phenoxy) is 2. The van der Waals surface area contributed by atoms with E-state index >= 15 is 0 Å².